The number of carbonyl (C=O) groups is 1. The second kappa shape index (κ2) is 6.82. The van der Waals surface area contributed by atoms with E-state index in [0.717, 1.165) is 17.0 Å². The molecule has 0 fully saturated rings. The molecule has 1 heterocycles. The molecule has 0 saturated carbocycles. The number of benzene rings is 1. The lowest BCUT2D eigenvalue weighted by Gasteiger charge is -2.15. The average molecular weight is 269 g/mol. The Labute approximate surface area is 119 Å². The maximum atomic E-state index is 12.2. The number of nitrogens with one attached hydrogen (secondary N) is 1. The second-order valence-electron chi connectivity index (χ2n) is 4.69. The van der Waals surface area contributed by atoms with Crippen LogP contribution in [0.5, 0.6) is 0 Å². The first kappa shape index (κ1) is 14.2. The summed E-state index contributed by atoms with van der Waals surface area (Å²) in [4.78, 5) is 16.6. The summed E-state index contributed by atoms with van der Waals surface area (Å²) in [5, 5.41) is 2.89. The Kier molecular flexibility index (Phi) is 4.85. The van der Waals surface area contributed by atoms with Crippen LogP contribution in [0.25, 0.3) is 0 Å². The molecule has 1 atom stereocenters. The highest BCUT2D eigenvalue weighted by Crippen LogP contribution is 2.14. The van der Waals surface area contributed by atoms with Crippen molar-refractivity contribution in [1.82, 2.24) is 10.3 Å². The van der Waals surface area contributed by atoms with E-state index in [-0.39, 0.29) is 18.4 Å². The van der Waals surface area contributed by atoms with Gasteiger partial charge in [0.15, 0.2) is 0 Å². The van der Waals surface area contributed by atoms with Crippen LogP contribution in [0.2, 0.25) is 0 Å². The fourth-order valence-electron chi connectivity index (χ4n) is 2.08. The number of carbonyl (C=O) groups excluding carboxylic acids is 1. The van der Waals surface area contributed by atoms with Crippen molar-refractivity contribution < 1.29 is 4.79 Å². The van der Waals surface area contributed by atoms with Crippen LogP contribution in [0.15, 0.2) is 48.5 Å². The van der Waals surface area contributed by atoms with Crippen LogP contribution in [-0.4, -0.2) is 17.4 Å². The minimum absolute atomic E-state index is 0.0676. The van der Waals surface area contributed by atoms with Crippen LogP contribution in [0.4, 0.5) is 0 Å². The first-order chi connectivity index (χ1) is 9.70. The molecular formula is C16H19N3O. The van der Waals surface area contributed by atoms with Crippen molar-refractivity contribution in [2.24, 2.45) is 5.73 Å². The summed E-state index contributed by atoms with van der Waals surface area (Å²) in [5.41, 5.74) is 8.45. The standard InChI is InChI=1S/C16H19N3O/c1-12-6-5-9-14(19-12)11-18-16(20)15(10-17)13-7-3-2-4-8-13/h2-9,15H,10-11,17H2,1H3,(H,18,20). The largest absolute Gasteiger partial charge is 0.350 e. The van der Waals surface area contributed by atoms with Gasteiger partial charge in [0.2, 0.25) is 5.91 Å². The third-order valence-electron chi connectivity index (χ3n) is 3.14. The van der Waals surface area contributed by atoms with E-state index in [2.05, 4.69) is 10.3 Å². The first-order valence-electron chi connectivity index (χ1n) is 6.66. The van der Waals surface area contributed by atoms with E-state index < -0.39 is 0 Å². The number of nitrogens with two attached hydrogens (primary N) is 1. The number of nitrogens with zero attached hydrogens (tertiary/aromatic N) is 1. The molecule has 1 aromatic heterocycles. The first-order valence-corrected chi connectivity index (χ1v) is 6.66. The van der Waals surface area contributed by atoms with Gasteiger partial charge in [-0.15, -0.1) is 0 Å². The third kappa shape index (κ3) is 3.65. The molecule has 2 rings (SSSR count). The van der Waals surface area contributed by atoms with Gasteiger partial charge in [0.05, 0.1) is 18.2 Å². The van der Waals surface area contributed by atoms with Crippen molar-refractivity contribution in [1.29, 1.82) is 0 Å². The van der Waals surface area contributed by atoms with Gasteiger partial charge in [0.1, 0.15) is 0 Å². The highest BCUT2D eigenvalue weighted by molar-refractivity contribution is 5.83. The zero-order chi connectivity index (χ0) is 14.4. The normalized spacial score (nSPS) is 11.9. The molecule has 0 spiro atoms. The van der Waals surface area contributed by atoms with Crippen LogP contribution >= 0.6 is 0 Å². The second-order valence-corrected chi connectivity index (χ2v) is 4.69. The Hall–Kier alpha value is -2.20. The lowest BCUT2D eigenvalue weighted by atomic mass is 9.98. The lowest BCUT2D eigenvalue weighted by molar-refractivity contribution is -0.122. The van der Waals surface area contributed by atoms with Gasteiger partial charge in [-0.25, -0.2) is 0 Å². The molecule has 4 heteroatoms. The smallest absolute Gasteiger partial charge is 0.229 e. The van der Waals surface area contributed by atoms with Gasteiger partial charge in [0.25, 0.3) is 0 Å². The molecule has 0 aliphatic carbocycles. The van der Waals surface area contributed by atoms with Crippen molar-refractivity contribution in [2.45, 2.75) is 19.4 Å². The summed E-state index contributed by atoms with van der Waals surface area (Å²) < 4.78 is 0. The Balaban J connectivity index is 2.00. The molecule has 0 saturated heterocycles. The maximum Gasteiger partial charge on any atom is 0.229 e. The molecule has 0 aliphatic rings. The minimum atomic E-state index is -0.319. The molecule has 0 aliphatic heterocycles. The molecular weight excluding hydrogens is 250 g/mol. The quantitative estimate of drug-likeness (QED) is 0.869. The van der Waals surface area contributed by atoms with E-state index >= 15 is 0 Å². The van der Waals surface area contributed by atoms with Crippen LogP contribution in [0, 0.1) is 6.92 Å². The lowest BCUT2D eigenvalue weighted by Crippen LogP contribution is -2.33. The van der Waals surface area contributed by atoms with Crippen LogP contribution < -0.4 is 11.1 Å². The van der Waals surface area contributed by atoms with E-state index in [0.29, 0.717) is 6.54 Å². The van der Waals surface area contributed by atoms with Gasteiger partial charge in [-0.3, -0.25) is 9.78 Å². The number of rotatable bonds is 5. The molecule has 1 aromatic carbocycles. The number of pyridine rings is 1. The van der Waals surface area contributed by atoms with Gasteiger partial charge < -0.3 is 11.1 Å². The highest BCUT2D eigenvalue weighted by atomic mass is 16.1. The number of amides is 1. The Morgan fingerprint density at radius 3 is 2.60 bits per heavy atom. The maximum absolute atomic E-state index is 12.2. The van der Waals surface area contributed by atoms with E-state index in [1.54, 1.807) is 0 Å². The van der Waals surface area contributed by atoms with E-state index in [4.69, 9.17) is 5.73 Å². The van der Waals surface area contributed by atoms with E-state index in [1.165, 1.54) is 0 Å². The van der Waals surface area contributed by atoms with Gasteiger partial charge >= 0.3 is 0 Å². The Morgan fingerprint density at radius 2 is 1.95 bits per heavy atom. The molecule has 1 unspecified atom stereocenters. The summed E-state index contributed by atoms with van der Waals surface area (Å²) in [6.45, 7) is 2.64. The van der Waals surface area contributed by atoms with Crippen LogP contribution in [0.1, 0.15) is 22.9 Å². The van der Waals surface area contributed by atoms with Crippen molar-refractivity contribution in [3.05, 3.63) is 65.5 Å². The summed E-state index contributed by atoms with van der Waals surface area (Å²) in [6, 6.07) is 15.3. The number of aromatic nitrogens is 1. The average Bonchev–Trinajstić information content (AvgIpc) is 2.47. The summed E-state index contributed by atoms with van der Waals surface area (Å²) in [5.74, 6) is -0.386. The highest BCUT2D eigenvalue weighted by Gasteiger charge is 2.18. The molecule has 1 amide bonds. The molecule has 2 aromatic rings. The molecule has 0 radical (unpaired) electrons. The van der Waals surface area contributed by atoms with Gasteiger partial charge in [-0.2, -0.15) is 0 Å². The Morgan fingerprint density at radius 1 is 1.20 bits per heavy atom. The molecule has 20 heavy (non-hydrogen) atoms. The molecule has 4 nitrogen and oxygen atoms in total. The predicted molar refractivity (Wildman–Crippen MR) is 79.1 cm³/mol. The monoisotopic (exact) mass is 269 g/mol. The van der Waals surface area contributed by atoms with Crippen molar-refractivity contribution in [3.8, 4) is 0 Å². The van der Waals surface area contributed by atoms with Crippen LogP contribution in [0.3, 0.4) is 0 Å². The minimum Gasteiger partial charge on any atom is -0.350 e. The number of hydrogen-bond acceptors (Lipinski definition) is 3. The SMILES string of the molecule is Cc1cccc(CNC(=O)C(CN)c2ccccc2)n1. The van der Waals surface area contributed by atoms with Crippen LogP contribution in [-0.2, 0) is 11.3 Å². The zero-order valence-electron chi connectivity index (χ0n) is 11.5. The molecule has 3 N–H and O–H groups in total. The molecule has 104 valence electrons. The van der Waals surface area contributed by atoms with Gasteiger partial charge in [0, 0.05) is 12.2 Å². The van der Waals surface area contributed by atoms with Gasteiger partial charge in [-0.1, -0.05) is 36.4 Å². The zero-order valence-corrected chi connectivity index (χ0v) is 11.5. The summed E-state index contributed by atoms with van der Waals surface area (Å²) in [7, 11) is 0. The summed E-state index contributed by atoms with van der Waals surface area (Å²) in [6.07, 6.45) is 0. The fraction of sp³-hybridized carbons (Fsp3) is 0.250. The predicted octanol–water partition coefficient (Wildman–Crippen LogP) is 1.75. The third-order valence-corrected chi connectivity index (χ3v) is 3.14. The van der Waals surface area contributed by atoms with Crippen molar-refractivity contribution >= 4 is 5.91 Å². The summed E-state index contributed by atoms with van der Waals surface area (Å²) >= 11 is 0. The molecule has 0 bridgehead atoms. The number of aryl methyl sites for hydroxylation is 1. The van der Waals surface area contributed by atoms with Crippen molar-refractivity contribution in [3.63, 3.8) is 0 Å². The Bertz CT molecular complexity index is 569. The van der Waals surface area contributed by atoms with Gasteiger partial charge in [-0.05, 0) is 24.6 Å². The topological polar surface area (TPSA) is 68.0 Å². The van der Waals surface area contributed by atoms with Crippen molar-refractivity contribution in [2.75, 3.05) is 6.54 Å². The van der Waals surface area contributed by atoms with E-state index in [9.17, 15) is 4.79 Å². The number of hydrogen-bond donors (Lipinski definition) is 2. The van der Waals surface area contributed by atoms with E-state index in [1.807, 2.05) is 55.5 Å². The fourth-order valence-corrected chi connectivity index (χ4v) is 2.08.